The number of hydrogen-bond donors (Lipinski definition) is 6. The number of nitrogens with two attached hydrogens (primary N) is 1. The first kappa shape index (κ1) is 59.9. The quantitative estimate of drug-likeness (QED) is 0.123. The monoisotopic (exact) mass is 1060 g/mol. The smallest absolute Gasteiger partial charge is 0.311 e. The van der Waals surface area contributed by atoms with Crippen molar-refractivity contribution in [2.45, 2.75) is 217 Å². The molecule has 18 atom stereocenters. The molecule has 20 nitrogen and oxygen atoms in total. The Morgan fingerprint density at radius 3 is 2.32 bits per heavy atom. The number of aromatic nitrogens is 5. The minimum Gasteiger partial charge on any atom is -0.459 e. The maximum absolute atomic E-state index is 14.6. The molecule has 418 valence electrons. The van der Waals surface area contributed by atoms with Crippen LogP contribution in [0.2, 0.25) is 0 Å². The first-order chi connectivity index (χ1) is 34.7. The number of carbonyl (C=O) groups is 1. The van der Waals surface area contributed by atoms with Crippen molar-refractivity contribution in [2.24, 2.45) is 17.8 Å². The minimum atomic E-state index is -1.59. The van der Waals surface area contributed by atoms with Gasteiger partial charge >= 0.3 is 5.97 Å². The molecule has 0 bridgehead atoms. The van der Waals surface area contributed by atoms with Crippen LogP contribution >= 0.6 is 11.5 Å². The molecule has 3 fully saturated rings. The first-order valence-electron chi connectivity index (χ1n) is 26.6. The van der Waals surface area contributed by atoms with Crippen molar-refractivity contribution < 1.29 is 58.7 Å². The molecule has 3 aromatic rings. The second kappa shape index (κ2) is 25.5. The number of nitrogen functional groups attached to an aromatic ring is 1. The molecule has 0 aliphatic carbocycles. The molecular weight excluding hydrogens is 973 g/mol. The van der Waals surface area contributed by atoms with Gasteiger partial charge in [-0.05, 0) is 118 Å². The number of aliphatic hydroxyl groups excluding tert-OH is 3. The Kier molecular flexibility index (Phi) is 20.6. The summed E-state index contributed by atoms with van der Waals surface area (Å²) in [4.78, 5) is 22.9. The number of aryl methyl sites for hydroxylation is 2. The third-order valence-corrected chi connectivity index (χ3v) is 17.0. The van der Waals surface area contributed by atoms with Crippen LogP contribution in [0.4, 0.5) is 5.95 Å². The third kappa shape index (κ3) is 14.8. The summed E-state index contributed by atoms with van der Waals surface area (Å²) in [7, 11) is 5.39. The Morgan fingerprint density at radius 2 is 1.68 bits per heavy atom. The van der Waals surface area contributed by atoms with E-state index >= 15 is 0 Å². The number of esters is 1. The summed E-state index contributed by atoms with van der Waals surface area (Å²) in [5, 5.41) is 69.2. The molecule has 1 aromatic carbocycles. The largest absolute Gasteiger partial charge is 0.459 e. The Bertz CT molecular complexity index is 2220. The predicted molar refractivity (Wildman–Crippen MR) is 280 cm³/mol. The van der Waals surface area contributed by atoms with Crippen LogP contribution in [0.25, 0.3) is 10.6 Å². The first-order valence-corrected chi connectivity index (χ1v) is 27.4. The van der Waals surface area contributed by atoms with E-state index in [4.69, 9.17) is 34.2 Å². The average Bonchev–Trinajstić information content (AvgIpc) is 4.02. The molecule has 7 N–H and O–H groups in total. The van der Waals surface area contributed by atoms with E-state index in [1.165, 1.54) is 18.6 Å². The Labute approximate surface area is 442 Å². The second-order valence-corrected chi connectivity index (χ2v) is 23.4. The molecule has 6 rings (SSSR count). The highest BCUT2D eigenvalue weighted by Crippen LogP contribution is 2.40. The van der Waals surface area contributed by atoms with Crippen LogP contribution in [0.1, 0.15) is 119 Å². The molecular formula is C53H88N8O12S. The number of benzene rings is 1. The maximum Gasteiger partial charge on any atom is 0.311 e. The van der Waals surface area contributed by atoms with Crippen molar-refractivity contribution in [3.05, 3.63) is 41.7 Å². The topological polar surface area (TPSA) is 263 Å². The van der Waals surface area contributed by atoms with Crippen LogP contribution in [0.15, 0.2) is 30.5 Å². The fraction of sp³-hybridized carbons (Fsp3) is 0.792. The van der Waals surface area contributed by atoms with Crippen molar-refractivity contribution in [1.29, 1.82) is 0 Å². The van der Waals surface area contributed by atoms with Crippen LogP contribution in [0.5, 0.6) is 0 Å². The Morgan fingerprint density at radius 1 is 0.973 bits per heavy atom. The van der Waals surface area contributed by atoms with Crippen LogP contribution in [-0.2, 0) is 52.6 Å². The number of hydrogen-bond acceptors (Lipinski definition) is 20. The van der Waals surface area contributed by atoms with Gasteiger partial charge in [-0.25, -0.2) is 0 Å². The highest BCUT2D eigenvalue weighted by Gasteiger charge is 2.52. The van der Waals surface area contributed by atoms with Crippen molar-refractivity contribution in [3.63, 3.8) is 0 Å². The van der Waals surface area contributed by atoms with Crippen LogP contribution in [-0.4, -0.2) is 190 Å². The molecule has 0 saturated carbocycles. The molecule has 3 aliphatic rings. The van der Waals surface area contributed by atoms with E-state index < -0.39 is 96.0 Å². The minimum absolute atomic E-state index is 0.0402. The zero-order valence-corrected chi connectivity index (χ0v) is 46.9. The van der Waals surface area contributed by atoms with Gasteiger partial charge in [0.25, 0.3) is 0 Å². The van der Waals surface area contributed by atoms with Gasteiger partial charge < -0.3 is 69.5 Å². The zero-order valence-electron chi connectivity index (χ0n) is 46.0. The lowest BCUT2D eigenvalue weighted by atomic mass is 9.78. The van der Waals surface area contributed by atoms with E-state index in [0.29, 0.717) is 38.9 Å². The number of aliphatic hydroxyl groups is 5. The van der Waals surface area contributed by atoms with E-state index in [1.54, 1.807) is 34.6 Å². The van der Waals surface area contributed by atoms with Gasteiger partial charge in [-0.2, -0.15) is 9.36 Å². The molecule has 74 heavy (non-hydrogen) atoms. The van der Waals surface area contributed by atoms with Gasteiger partial charge in [-0.3, -0.25) is 9.48 Å². The molecule has 3 saturated heterocycles. The van der Waals surface area contributed by atoms with Gasteiger partial charge in [0.1, 0.15) is 28.9 Å². The molecule has 0 unspecified atom stereocenters. The van der Waals surface area contributed by atoms with Gasteiger partial charge in [-0.1, -0.05) is 50.3 Å². The van der Waals surface area contributed by atoms with E-state index in [1.807, 2.05) is 69.7 Å². The van der Waals surface area contributed by atoms with Gasteiger partial charge in [-0.15, -0.1) is 5.10 Å². The number of anilines is 1. The molecule has 5 heterocycles. The summed E-state index contributed by atoms with van der Waals surface area (Å²) >= 11 is 1.27. The number of ether oxygens (including phenoxy) is 6. The summed E-state index contributed by atoms with van der Waals surface area (Å²) in [6.07, 6.45) is -4.52. The van der Waals surface area contributed by atoms with Crippen molar-refractivity contribution in [2.75, 3.05) is 40.0 Å². The van der Waals surface area contributed by atoms with Gasteiger partial charge in [0.05, 0.1) is 53.3 Å². The number of likely N-dealkylation sites (N-methyl/N-ethyl adjacent to an activating group) is 2. The van der Waals surface area contributed by atoms with Gasteiger partial charge in [0.2, 0.25) is 5.95 Å². The Balaban J connectivity index is 1.23. The van der Waals surface area contributed by atoms with E-state index in [9.17, 15) is 30.3 Å². The fourth-order valence-electron chi connectivity index (χ4n) is 11.1. The molecule has 21 heteroatoms. The van der Waals surface area contributed by atoms with E-state index in [-0.39, 0.29) is 49.7 Å². The lowest BCUT2D eigenvalue weighted by molar-refractivity contribution is -0.318. The number of nitrogens with zero attached hydrogens (tertiary/aromatic N) is 7. The molecule has 0 radical (unpaired) electrons. The number of carbonyl (C=O) groups excluding carboxylic acids is 1. The van der Waals surface area contributed by atoms with Crippen molar-refractivity contribution >= 4 is 23.5 Å². The second-order valence-electron chi connectivity index (χ2n) is 22.6. The standard InChI is InChI=1S/C53H88N8O12S/c1-14-41-52(9,67)26-40(62)34(6)60(12)28-30(2)19-22-51(8,66)46(32(4)44(33(5)48(65)71-41)72-42-27-53(10,68-13)45(64)35(7)70-42)73-49-43(63)39(25-31(3)69-49)59(11)23-21-38-29-61(58-56-38)24-20-36-15-17-37(18-16-36)47-55-50(54)57-74-47/h15-18,29-35,39-46,49,62-64,66-67H,14,19-28H2,1-13H3,(H2,54,57)/t30-,31-,32+,33-,34-,35+,39+,40+,41-,42+,43-,44+,45+,46-,49+,51-,52+,53-/m1/s1. The van der Waals surface area contributed by atoms with Gasteiger partial charge in [0, 0.05) is 75.8 Å². The molecule has 2 aromatic heterocycles. The van der Waals surface area contributed by atoms with Gasteiger partial charge in [0.15, 0.2) is 12.6 Å². The highest BCUT2D eigenvalue weighted by molar-refractivity contribution is 7.09. The summed E-state index contributed by atoms with van der Waals surface area (Å²) < 4.78 is 44.4. The van der Waals surface area contributed by atoms with Crippen LogP contribution in [0, 0.1) is 17.8 Å². The van der Waals surface area contributed by atoms with E-state index in [0.717, 1.165) is 28.2 Å². The Hall–Kier alpha value is -3.29. The van der Waals surface area contributed by atoms with Crippen molar-refractivity contribution in [1.82, 2.24) is 34.2 Å². The number of methoxy groups -OCH3 is 1. The van der Waals surface area contributed by atoms with Crippen molar-refractivity contribution in [3.8, 4) is 10.6 Å². The lowest BCUT2D eigenvalue weighted by Gasteiger charge is -2.48. The number of rotatable bonds is 14. The zero-order chi connectivity index (χ0) is 54.4. The summed E-state index contributed by atoms with van der Waals surface area (Å²) in [5.41, 5.74) is 4.40. The average molecular weight is 1060 g/mol. The predicted octanol–water partition coefficient (Wildman–Crippen LogP) is 4.23. The summed E-state index contributed by atoms with van der Waals surface area (Å²) in [5.74, 6) is -2.19. The highest BCUT2D eigenvalue weighted by atomic mass is 32.1. The third-order valence-electron chi connectivity index (χ3n) is 16.2. The summed E-state index contributed by atoms with van der Waals surface area (Å²) in [6.45, 7) is 19.8. The van der Waals surface area contributed by atoms with E-state index in [2.05, 4.69) is 43.6 Å². The number of cyclic esters (lactones) is 1. The van der Waals surface area contributed by atoms with Crippen LogP contribution in [0.3, 0.4) is 0 Å². The fourth-order valence-corrected chi connectivity index (χ4v) is 11.7. The molecule has 0 amide bonds. The molecule has 3 aliphatic heterocycles. The maximum atomic E-state index is 14.6. The normalized spacial score (nSPS) is 38.7. The SMILES string of the molecule is CC[C@H]1OC(=O)[C@H](C)[C@@H](O[C@H]2C[C@@](C)(OC)[C@@H](O)[C@H](C)O2)[C@H](C)[C@@H](O[C@@H]2O[C@H](C)C[C@H](N(C)CCc3cn(CCc4ccc(-c5nc(N)ns5)cc4)nn3)[C@H]2O)[C@](C)(O)CC[C@@H](C)CN(C)[C@H](C)[C@@H](O)C[C@]1(C)O. The molecule has 0 spiro atoms. The lowest BCUT2D eigenvalue weighted by Crippen LogP contribution is -2.60. The van der Waals surface area contributed by atoms with Crippen LogP contribution < -0.4 is 5.73 Å². The summed E-state index contributed by atoms with van der Waals surface area (Å²) in [6, 6.07) is 7.40.